The van der Waals surface area contributed by atoms with Gasteiger partial charge >= 0.3 is 0 Å². The van der Waals surface area contributed by atoms with Crippen LogP contribution < -0.4 is 4.90 Å². The Labute approximate surface area is 181 Å². The minimum atomic E-state index is -0.767. The first-order valence-corrected chi connectivity index (χ1v) is 7.76. The van der Waals surface area contributed by atoms with Gasteiger partial charge < -0.3 is 20.3 Å². The van der Waals surface area contributed by atoms with E-state index in [9.17, 15) is 4.79 Å². The fourth-order valence-corrected chi connectivity index (χ4v) is 2.82. The molecular weight excluding hydrogens is 451 g/mol. The molecule has 0 saturated carbocycles. The Hall–Kier alpha value is -0.676. The molecule has 0 aliphatic rings. The third-order valence-corrected chi connectivity index (χ3v) is 4.11. The summed E-state index contributed by atoms with van der Waals surface area (Å²) in [7, 11) is 6.09. The van der Waals surface area contributed by atoms with Crippen LogP contribution in [0.4, 0.5) is 5.69 Å². The molecule has 125 valence electrons. The van der Waals surface area contributed by atoms with Crippen LogP contribution in [0.2, 0.25) is 5.02 Å². The van der Waals surface area contributed by atoms with Gasteiger partial charge in [-0.05, 0) is 37.9 Å². The number of rotatable bonds is 6. The first kappa shape index (κ1) is 21.4. The first-order valence-electron chi connectivity index (χ1n) is 7.38. The van der Waals surface area contributed by atoms with E-state index in [4.69, 9.17) is 17.3 Å². The smallest absolute Gasteiger partial charge is 0.0811 e. The Kier molecular flexibility index (Phi) is 8.65. The van der Waals surface area contributed by atoms with Crippen molar-refractivity contribution in [1.29, 1.82) is 0 Å². The summed E-state index contributed by atoms with van der Waals surface area (Å²) in [4.78, 5) is 15.5. The van der Waals surface area contributed by atoms with Crippen LogP contribution in [0.1, 0.15) is 22.0 Å². The molecule has 0 fully saturated rings. The molecule has 1 radical (unpaired) electrons. The van der Waals surface area contributed by atoms with Gasteiger partial charge in [0.1, 0.15) is 0 Å². The SMILES string of the molecule is CN(C)C[C@H](c1ccccc1)N(C)c1ccc(C([NH-])=O)c(Cl)c1.[Pr]. The Morgan fingerprint density at radius 3 is 2.25 bits per heavy atom. The number of halogens is 1. The second kappa shape index (κ2) is 9.72. The van der Waals surface area contributed by atoms with Gasteiger partial charge in [-0.15, -0.1) is 0 Å². The van der Waals surface area contributed by atoms with E-state index in [2.05, 4.69) is 21.9 Å². The van der Waals surface area contributed by atoms with Crippen molar-refractivity contribution in [3.8, 4) is 0 Å². The zero-order chi connectivity index (χ0) is 17.0. The van der Waals surface area contributed by atoms with E-state index in [-0.39, 0.29) is 52.9 Å². The number of amides is 1. The molecule has 1 N–H and O–H groups in total. The van der Waals surface area contributed by atoms with Crippen molar-refractivity contribution in [3.05, 3.63) is 70.4 Å². The molecule has 2 rings (SSSR count). The van der Waals surface area contributed by atoms with Gasteiger partial charge in [0, 0.05) is 66.1 Å². The van der Waals surface area contributed by atoms with Crippen LogP contribution in [0, 0.1) is 41.3 Å². The molecule has 0 spiro atoms. The first-order chi connectivity index (χ1) is 10.9. The molecule has 24 heavy (non-hydrogen) atoms. The molecule has 2 aromatic carbocycles. The maximum atomic E-state index is 11.2. The van der Waals surface area contributed by atoms with E-state index in [0.717, 1.165) is 12.2 Å². The summed E-state index contributed by atoms with van der Waals surface area (Å²) < 4.78 is 0. The monoisotopic (exact) mass is 471 g/mol. The van der Waals surface area contributed by atoms with E-state index in [1.54, 1.807) is 12.1 Å². The van der Waals surface area contributed by atoms with Crippen LogP contribution in [0.25, 0.3) is 5.73 Å². The summed E-state index contributed by atoms with van der Waals surface area (Å²) in [6.45, 7) is 0.845. The predicted octanol–water partition coefficient (Wildman–Crippen LogP) is 4.27. The van der Waals surface area contributed by atoms with E-state index in [0.29, 0.717) is 5.02 Å². The minimum Gasteiger partial charge on any atom is -0.664 e. The average molecular weight is 472 g/mol. The van der Waals surface area contributed by atoms with Crippen LogP contribution in [-0.4, -0.2) is 38.5 Å². The van der Waals surface area contributed by atoms with E-state index in [1.165, 1.54) is 5.56 Å². The Bertz CT molecular complexity index is 679. The molecule has 0 aliphatic heterocycles. The number of nitrogens with one attached hydrogen (secondary N) is 1. The van der Waals surface area contributed by atoms with Crippen molar-refractivity contribution in [3.63, 3.8) is 0 Å². The maximum Gasteiger partial charge on any atom is 0.0811 e. The number of hydrogen-bond donors (Lipinski definition) is 0. The van der Waals surface area contributed by atoms with Crippen LogP contribution in [0.15, 0.2) is 48.5 Å². The van der Waals surface area contributed by atoms with Gasteiger partial charge in [0.2, 0.25) is 0 Å². The zero-order valence-electron chi connectivity index (χ0n) is 14.2. The summed E-state index contributed by atoms with van der Waals surface area (Å²) in [6, 6.07) is 15.6. The molecule has 0 saturated heterocycles. The molecule has 2 aromatic rings. The molecule has 1 atom stereocenters. The molecular formula is C18H21ClN3OPr-. The number of benzene rings is 2. The normalized spacial score (nSPS) is 11.7. The van der Waals surface area contributed by atoms with Crippen LogP contribution in [0.5, 0.6) is 0 Å². The number of carbonyl (C=O) groups is 1. The Morgan fingerprint density at radius 1 is 1.12 bits per heavy atom. The second-order valence-corrected chi connectivity index (χ2v) is 6.20. The van der Waals surface area contributed by atoms with Crippen molar-refractivity contribution in [2.75, 3.05) is 32.6 Å². The van der Waals surface area contributed by atoms with Gasteiger partial charge in [-0.25, -0.2) is 0 Å². The third kappa shape index (κ3) is 5.42. The fourth-order valence-electron chi connectivity index (χ4n) is 2.56. The van der Waals surface area contributed by atoms with Crippen molar-refractivity contribution in [2.45, 2.75) is 6.04 Å². The quantitative estimate of drug-likeness (QED) is 0.632. The van der Waals surface area contributed by atoms with Gasteiger partial charge in [-0.1, -0.05) is 41.9 Å². The molecule has 0 heterocycles. The van der Waals surface area contributed by atoms with Crippen molar-refractivity contribution in [2.24, 2.45) is 0 Å². The van der Waals surface area contributed by atoms with Crippen molar-refractivity contribution >= 4 is 23.2 Å². The summed E-state index contributed by atoms with van der Waals surface area (Å²) >= 11 is 6.15. The molecule has 4 nitrogen and oxygen atoms in total. The zero-order valence-corrected chi connectivity index (χ0v) is 18.6. The Balaban J connectivity index is 0.00000288. The summed E-state index contributed by atoms with van der Waals surface area (Å²) in [5.41, 5.74) is 9.56. The van der Waals surface area contributed by atoms with Crippen LogP contribution in [-0.2, 0) is 0 Å². The number of anilines is 1. The Morgan fingerprint density at radius 2 is 1.75 bits per heavy atom. The van der Waals surface area contributed by atoms with Gasteiger partial charge in [0.25, 0.3) is 0 Å². The van der Waals surface area contributed by atoms with Gasteiger partial charge in [-0.3, -0.25) is 0 Å². The molecule has 0 unspecified atom stereocenters. The largest absolute Gasteiger partial charge is 0.664 e. The van der Waals surface area contributed by atoms with Crippen molar-refractivity contribution < 1.29 is 46.1 Å². The summed E-state index contributed by atoms with van der Waals surface area (Å²) in [6.07, 6.45) is 0. The average Bonchev–Trinajstić information content (AvgIpc) is 2.52. The predicted molar refractivity (Wildman–Crippen MR) is 96.2 cm³/mol. The van der Waals surface area contributed by atoms with E-state index in [1.807, 2.05) is 45.4 Å². The number of likely N-dealkylation sites (N-methyl/N-ethyl adjacent to an activating group) is 2. The second-order valence-electron chi connectivity index (χ2n) is 5.79. The van der Waals surface area contributed by atoms with Gasteiger partial charge in [0.15, 0.2) is 0 Å². The number of carbonyl (C=O) groups excluding carboxylic acids is 1. The minimum absolute atomic E-state index is 0. The molecule has 1 amide bonds. The van der Waals surface area contributed by atoms with E-state index < -0.39 is 5.91 Å². The summed E-state index contributed by atoms with van der Waals surface area (Å²) in [5, 5.41) is 0.311. The maximum absolute atomic E-state index is 11.2. The molecule has 0 aromatic heterocycles. The standard InChI is InChI=1S/C18H22ClN3O.Pr/c1-21(2)12-17(13-7-5-4-6-8-13)22(3)14-9-10-15(18(20)23)16(19)11-14;/h4-11,17H,12H2,1-3H3,(H2,20,23);/p-1/t17-;/m1./s1. The topological polar surface area (TPSA) is 47.4 Å². The molecule has 0 bridgehead atoms. The number of nitrogens with zero attached hydrogens (tertiary/aromatic N) is 2. The fraction of sp³-hybridized carbons (Fsp3) is 0.278. The number of hydrogen-bond acceptors (Lipinski definition) is 3. The van der Waals surface area contributed by atoms with Gasteiger partial charge in [-0.2, -0.15) is 0 Å². The van der Waals surface area contributed by atoms with E-state index >= 15 is 0 Å². The summed E-state index contributed by atoms with van der Waals surface area (Å²) in [5.74, 6) is -0.767. The molecule has 0 aliphatic carbocycles. The third-order valence-electron chi connectivity index (χ3n) is 3.79. The van der Waals surface area contributed by atoms with Crippen molar-refractivity contribution in [1.82, 2.24) is 4.90 Å². The van der Waals surface area contributed by atoms with Gasteiger partial charge in [0.05, 0.1) is 17.0 Å². The molecule has 6 heteroatoms. The van der Waals surface area contributed by atoms with Crippen LogP contribution >= 0.6 is 11.6 Å². The van der Waals surface area contributed by atoms with Crippen LogP contribution in [0.3, 0.4) is 0 Å².